The maximum atomic E-state index is 10.8. The smallest absolute Gasteiger partial charge is 0.716 e. The van der Waals surface area contributed by atoms with Crippen LogP contribution in [0.1, 0.15) is 11.1 Å². The van der Waals surface area contributed by atoms with Crippen LogP contribution < -0.4 is 38.5 Å². The van der Waals surface area contributed by atoms with E-state index in [1.807, 2.05) is 30.3 Å². The van der Waals surface area contributed by atoms with Crippen molar-refractivity contribution < 1.29 is 56.6 Å². The fourth-order valence-electron chi connectivity index (χ4n) is 1.87. The van der Waals surface area contributed by atoms with Gasteiger partial charge in [0.1, 0.15) is 6.61 Å². The summed E-state index contributed by atoms with van der Waals surface area (Å²) in [7, 11) is -4.91. The third kappa shape index (κ3) is 6.90. The Labute approximate surface area is 157 Å². The largest absolute Gasteiger partial charge is 1.00 e. The van der Waals surface area contributed by atoms with Gasteiger partial charge in [0.25, 0.3) is 10.4 Å². The molecule has 0 aliphatic heterocycles. The molecule has 0 aliphatic rings. The SMILES string of the molecule is O=S(=O)([O-])Oc1cc(CCO)ccc1OCc1ccccc1.[Na+]. The van der Waals surface area contributed by atoms with Crippen LogP contribution in [0.2, 0.25) is 0 Å². The number of rotatable bonds is 7. The molecule has 0 fully saturated rings. The average molecular weight is 346 g/mol. The van der Waals surface area contributed by atoms with Gasteiger partial charge in [-0.3, -0.25) is 0 Å². The van der Waals surface area contributed by atoms with Gasteiger partial charge >= 0.3 is 29.6 Å². The Bertz CT molecular complexity index is 718. The molecule has 2 aromatic rings. The second-order valence-corrected chi connectivity index (χ2v) is 5.50. The molecule has 0 bridgehead atoms. The summed E-state index contributed by atoms with van der Waals surface area (Å²) in [5.74, 6) is -0.0400. The predicted octanol–water partition coefficient (Wildman–Crippen LogP) is -1.36. The summed E-state index contributed by atoms with van der Waals surface area (Å²) in [4.78, 5) is 0. The van der Waals surface area contributed by atoms with Gasteiger partial charge in [-0.15, -0.1) is 0 Å². The maximum Gasteiger partial charge on any atom is 1.00 e. The molecule has 1 N–H and O–H groups in total. The fraction of sp³-hybridized carbons (Fsp3) is 0.200. The van der Waals surface area contributed by atoms with Crippen molar-refractivity contribution in [2.45, 2.75) is 13.0 Å². The standard InChI is InChI=1S/C15H16O6S.Na/c16-9-8-12-6-7-14(15(10-12)21-22(17,18)19)20-11-13-4-2-1-3-5-13;/h1-7,10,16H,8-9,11H2,(H,17,18,19);/q;+1/p-1. The summed E-state index contributed by atoms with van der Waals surface area (Å²) in [5, 5.41) is 8.91. The van der Waals surface area contributed by atoms with E-state index in [9.17, 15) is 13.0 Å². The number of hydrogen-bond donors (Lipinski definition) is 1. The monoisotopic (exact) mass is 346 g/mol. The number of aliphatic hydroxyl groups excluding tert-OH is 1. The van der Waals surface area contributed by atoms with Gasteiger partial charge in [0.2, 0.25) is 0 Å². The quantitative estimate of drug-likeness (QED) is 0.378. The average Bonchev–Trinajstić information content (AvgIpc) is 2.46. The minimum Gasteiger partial charge on any atom is -0.716 e. The van der Waals surface area contributed by atoms with E-state index in [0.717, 1.165) is 5.56 Å². The minimum atomic E-state index is -4.91. The van der Waals surface area contributed by atoms with Crippen molar-refractivity contribution in [3.8, 4) is 11.5 Å². The van der Waals surface area contributed by atoms with Gasteiger partial charge in [0.15, 0.2) is 11.5 Å². The van der Waals surface area contributed by atoms with Gasteiger partial charge in [-0.05, 0) is 29.7 Å². The van der Waals surface area contributed by atoms with Crippen molar-refractivity contribution in [1.29, 1.82) is 0 Å². The normalized spacial score (nSPS) is 10.7. The molecule has 6 nitrogen and oxygen atoms in total. The van der Waals surface area contributed by atoms with Crippen molar-refractivity contribution in [1.82, 2.24) is 0 Å². The summed E-state index contributed by atoms with van der Waals surface area (Å²) in [6.45, 7) is 0.100. The van der Waals surface area contributed by atoms with Crippen LogP contribution in [-0.2, 0) is 23.4 Å². The van der Waals surface area contributed by atoms with E-state index in [-0.39, 0.29) is 54.3 Å². The molecule has 0 unspecified atom stereocenters. The molecule has 2 aromatic carbocycles. The summed E-state index contributed by atoms with van der Waals surface area (Å²) in [6, 6.07) is 13.8. The molecule has 0 saturated heterocycles. The third-order valence-electron chi connectivity index (χ3n) is 2.84. The molecule has 0 atom stereocenters. The first-order chi connectivity index (χ1) is 10.5. The number of aliphatic hydroxyl groups is 1. The van der Waals surface area contributed by atoms with Crippen molar-refractivity contribution in [3.05, 3.63) is 59.7 Å². The Hall–Kier alpha value is -1.09. The topological polar surface area (TPSA) is 95.9 Å². The molecule has 8 heteroatoms. The Morgan fingerprint density at radius 3 is 2.30 bits per heavy atom. The Morgan fingerprint density at radius 1 is 1.00 bits per heavy atom. The van der Waals surface area contributed by atoms with Gasteiger partial charge in [0.05, 0.1) is 0 Å². The van der Waals surface area contributed by atoms with Crippen molar-refractivity contribution in [2.24, 2.45) is 0 Å². The van der Waals surface area contributed by atoms with E-state index in [2.05, 4.69) is 4.18 Å². The molecule has 0 amide bonds. The zero-order valence-corrected chi connectivity index (χ0v) is 15.5. The van der Waals surface area contributed by atoms with Gasteiger partial charge < -0.3 is 18.6 Å². The van der Waals surface area contributed by atoms with Gasteiger partial charge in [-0.2, -0.15) is 0 Å². The van der Waals surface area contributed by atoms with Crippen LogP contribution in [0, 0.1) is 0 Å². The third-order valence-corrected chi connectivity index (χ3v) is 3.22. The Balaban J connectivity index is 0.00000264. The zero-order chi connectivity index (χ0) is 16.0. The molecular weight excluding hydrogens is 331 g/mol. The molecule has 2 rings (SSSR count). The molecule has 0 aliphatic carbocycles. The Kier molecular flexibility index (Phi) is 8.04. The van der Waals surface area contributed by atoms with E-state index in [4.69, 9.17) is 9.84 Å². The second kappa shape index (κ2) is 9.27. The van der Waals surface area contributed by atoms with Crippen LogP contribution in [0.15, 0.2) is 48.5 Å². The minimum absolute atomic E-state index is 0. The summed E-state index contributed by atoms with van der Waals surface area (Å²) < 4.78 is 42.4. The second-order valence-electron chi connectivity index (χ2n) is 4.52. The Morgan fingerprint density at radius 2 is 1.70 bits per heavy atom. The van der Waals surface area contributed by atoms with Crippen LogP contribution in [0.25, 0.3) is 0 Å². The van der Waals surface area contributed by atoms with Crippen LogP contribution in [0.5, 0.6) is 11.5 Å². The molecule has 0 radical (unpaired) electrons. The molecule has 118 valence electrons. The fourth-order valence-corrected chi connectivity index (χ4v) is 2.22. The number of ether oxygens (including phenoxy) is 1. The molecule has 0 heterocycles. The molecule has 0 saturated carbocycles. The first-order valence-electron chi connectivity index (χ1n) is 6.54. The van der Waals surface area contributed by atoms with E-state index < -0.39 is 10.4 Å². The van der Waals surface area contributed by atoms with Gasteiger partial charge in [0, 0.05) is 6.61 Å². The summed E-state index contributed by atoms with van der Waals surface area (Å²) in [6.07, 6.45) is 0.314. The first kappa shape index (κ1) is 20.0. The molecule has 0 aromatic heterocycles. The van der Waals surface area contributed by atoms with Crippen LogP contribution in [0.4, 0.5) is 0 Å². The van der Waals surface area contributed by atoms with Crippen LogP contribution in [0.3, 0.4) is 0 Å². The summed E-state index contributed by atoms with van der Waals surface area (Å²) >= 11 is 0. The first-order valence-corrected chi connectivity index (χ1v) is 7.87. The number of hydrogen-bond acceptors (Lipinski definition) is 6. The van der Waals surface area contributed by atoms with Crippen molar-refractivity contribution in [3.63, 3.8) is 0 Å². The van der Waals surface area contributed by atoms with E-state index in [1.54, 1.807) is 6.07 Å². The summed E-state index contributed by atoms with van der Waals surface area (Å²) in [5.41, 5.74) is 1.52. The van der Waals surface area contributed by atoms with Crippen LogP contribution in [-0.4, -0.2) is 24.7 Å². The van der Waals surface area contributed by atoms with E-state index in [0.29, 0.717) is 12.0 Å². The van der Waals surface area contributed by atoms with Crippen molar-refractivity contribution in [2.75, 3.05) is 6.61 Å². The zero-order valence-electron chi connectivity index (χ0n) is 12.6. The molecule has 0 spiro atoms. The maximum absolute atomic E-state index is 10.8. The molecular formula is C15H15NaO6S. The van der Waals surface area contributed by atoms with Crippen LogP contribution >= 0.6 is 0 Å². The van der Waals surface area contributed by atoms with E-state index in [1.165, 1.54) is 12.1 Å². The predicted molar refractivity (Wildman–Crippen MR) is 78.3 cm³/mol. The van der Waals surface area contributed by atoms with E-state index >= 15 is 0 Å². The van der Waals surface area contributed by atoms with Crippen molar-refractivity contribution >= 4 is 10.4 Å². The number of benzene rings is 2. The van der Waals surface area contributed by atoms with Gasteiger partial charge in [-0.1, -0.05) is 36.4 Å². The van der Waals surface area contributed by atoms with Gasteiger partial charge in [-0.25, -0.2) is 8.42 Å². The molecule has 23 heavy (non-hydrogen) atoms.